The van der Waals surface area contributed by atoms with E-state index in [1.165, 1.54) is 21.9 Å². The van der Waals surface area contributed by atoms with Crippen molar-refractivity contribution in [3.8, 4) is 0 Å². The molecule has 8 heteroatoms. The number of anilines is 2. The van der Waals surface area contributed by atoms with E-state index >= 15 is 0 Å². The Hall–Kier alpha value is -2.57. The number of amides is 2. The van der Waals surface area contributed by atoms with Crippen LogP contribution in [0.2, 0.25) is 10.0 Å². The number of carbonyl (C=O) groups excluding carboxylic acids is 3. The molecule has 1 aliphatic rings. The zero-order valence-electron chi connectivity index (χ0n) is 16.3. The Kier molecular flexibility index (Phi) is 6.15. The third-order valence-electron chi connectivity index (χ3n) is 4.77. The number of hydrogen-bond acceptors (Lipinski definition) is 4. The number of halogens is 2. The Morgan fingerprint density at radius 2 is 1.69 bits per heavy atom. The minimum absolute atomic E-state index is 0.200. The highest BCUT2D eigenvalue weighted by Crippen LogP contribution is 2.37. The molecule has 0 saturated carbocycles. The molecule has 0 bridgehead atoms. The van der Waals surface area contributed by atoms with Crippen LogP contribution in [-0.4, -0.2) is 37.5 Å². The van der Waals surface area contributed by atoms with Crippen LogP contribution >= 0.6 is 23.2 Å². The summed E-state index contributed by atoms with van der Waals surface area (Å²) in [6, 6.07) is 8.22. The standard InChI is InChI=1S/C21H20Cl2N2O4/c1-4-29-20(27)11-24-17-7-12(2)13(3)8-18(17)25(10-19(24)26)21(28)14-5-6-15(22)16(23)9-14/h5-9H,4,10-11H2,1-3H3. The van der Waals surface area contributed by atoms with Crippen LogP contribution in [0.4, 0.5) is 11.4 Å². The number of fused-ring (bicyclic) bond motifs is 1. The monoisotopic (exact) mass is 434 g/mol. The fourth-order valence-corrected chi connectivity index (χ4v) is 3.43. The molecule has 2 amide bonds. The van der Waals surface area contributed by atoms with E-state index in [9.17, 15) is 14.4 Å². The predicted octanol–water partition coefficient (Wildman–Crippen LogP) is 4.17. The van der Waals surface area contributed by atoms with Crippen molar-refractivity contribution in [1.82, 2.24) is 0 Å². The molecule has 6 nitrogen and oxygen atoms in total. The highest BCUT2D eigenvalue weighted by molar-refractivity contribution is 6.42. The van der Waals surface area contributed by atoms with Gasteiger partial charge in [0.1, 0.15) is 13.1 Å². The van der Waals surface area contributed by atoms with Crippen molar-refractivity contribution in [1.29, 1.82) is 0 Å². The van der Waals surface area contributed by atoms with Crippen molar-refractivity contribution in [2.45, 2.75) is 20.8 Å². The first-order valence-electron chi connectivity index (χ1n) is 9.07. The molecule has 0 radical (unpaired) electrons. The fourth-order valence-electron chi connectivity index (χ4n) is 3.13. The number of esters is 1. The minimum Gasteiger partial charge on any atom is -0.465 e. The molecule has 2 aromatic carbocycles. The third kappa shape index (κ3) is 4.23. The van der Waals surface area contributed by atoms with Crippen LogP contribution in [0, 0.1) is 13.8 Å². The second kappa shape index (κ2) is 8.43. The second-order valence-electron chi connectivity index (χ2n) is 6.73. The van der Waals surface area contributed by atoms with Gasteiger partial charge >= 0.3 is 5.97 Å². The highest BCUT2D eigenvalue weighted by Gasteiger charge is 2.34. The number of nitrogens with zero attached hydrogens (tertiary/aromatic N) is 2. The summed E-state index contributed by atoms with van der Waals surface area (Å²) in [7, 11) is 0. The Labute approximate surface area is 178 Å². The van der Waals surface area contributed by atoms with E-state index < -0.39 is 5.97 Å². The lowest BCUT2D eigenvalue weighted by atomic mass is 10.0. The number of ether oxygens (including phenoxy) is 1. The first kappa shape index (κ1) is 21.1. The molecule has 3 rings (SSSR count). The van der Waals surface area contributed by atoms with Gasteiger partial charge in [-0.3, -0.25) is 24.2 Å². The molecule has 0 aromatic heterocycles. The van der Waals surface area contributed by atoms with Crippen LogP contribution < -0.4 is 9.80 Å². The molecule has 0 saturated heterocycles. The zero-order chi connectivity index (χ0) is 21.3. The molecule has 0 aliphatic carbocycles. The van der Waals surface area contributed by atoms with Crippen LogP contribution in [0.25, 0.3) is 0 Å². The van der Waals surface area contributed by atoms with E-state index in [4.69, 9.17) is 27.9 Å². The normalized spacial score (nSPS) is 13.3. The van der Waals surface area contributed by atoms with Gasteiger partial charge in [0.2, 0.25) is 5.91 Å². The van der Waals surface area contributed by atoms with Crippen LogP contribution in [0.5, 0.6) is 0 Å². The third-order valence-corrected chi connectivity index (χ3v) is 5.51. The quantitative estimate of drug-likeness (QED) is 0.677. The SMILES string of the molecule is CCOC(=O)CN1C(=O)CN(C(=O)c2ccc(Cl)c(Cl)c2)c2cc(C)c(C)cc21. The van der Waals surface area contributed by atoms with E-state index in [0.717, 1.165) is 11.1 Å². The minimum atomic E-state index is -0.505. The molecule has 1 aliphatic heterocycles. The maximum atomic E-state index is 13.2. The molecule has 0 fully saturated rings. The first-order chi connectivity index (χ1) is 13.7. The van der Waals surface area contributed by atoms with Gasteiger partial charge in [0, 0.05) is 5.56 Å². The average Bonchev–Trinajstić information content (AvgIpc) is 2.67. The number of aryl methyl sites for hydroxylation is 2. The molecule has 2 aromatic rings. The van der Waals surface area contributed by atoms with Gasteiger partial charge in [-0.1, -0.05) is 23.2 Å². The summed E-state index contributed by atoms with van der Waals surface area (Å²) in [6.07, 6.45) is 0. The molecule has 0 spiro atoms. The highest BCUT2D eigenvalue weighted by atomic mass is 35.5. The Bertz CT molecular complexity index is 1010. The number of carbonyl (C=O) groups is 3. The van der Waals surface area contributed by atoms with Crippen molar-refractivity contribution in [2.75, 3.05) is 29.5 Å². The van der Waals surface area contributed by atoms with Crippen LogP contribution in [-0.2, 0) is 14.3 Å². The molecule has 0 atom stereocenters. The average molecular weight is 435 g/mol. The molecule has 152 valence electrons. The topological polar surface area (TPSA) is 66.9 Å². The molecule has 0 unspecified atom stereocenters. The van der Waals surface area contributed by atoms with Crippen LogP contribution in [0.1, 0.15) is 28.4 Å². The van der Waals surface area contributed by atoms with E-state index in [2.05, 4.69) is 0 Å². The summed E-state index contributed by atoms with van der Waals surface area (Å²) < 4.78 is 4.99. The van der Waals surface area contributed by atoms with Gasteiger partial charge in [-0.05, 0) is 62.2 Å². The van der Waals surface area contributed by atoms with E-state index in [0.29, 0.717) is 22.0 Å². The predicted molar refractivity (Wildman–Crippen MR) is 113 cm³/mol. The van der Waals surface area contributed by atoms with Gasteiger partial charge in [0.25, 0.3) is 5.91 Å². The van der Waals surface area contributed by atoms with Gasteiger partial charge in [0.15, 0.2) is 0 Å². The molecule has 0 N–H and O–H groups in total. The van der Waals surface area contributed by atoms with E-state index in [-0.39, 0.29) is 36.5 Å². The van der Waals surface area contributed by atoms with Gasteiger partial charge in [-0.25, -0.2) is 0 Å². The molecular formula is C21H20Cl2N2O4. The zero-order valence-corrected chi connectivity index (χ0v) is 17.8. The number of hydrogen-bond donors (Lipinski definition) is 0. The first-order valence-corrected chi connectivity index (χ1v) is 9.82. The summed E-state index contributed by atoms with van der Waals surface area (Å²) in [6.45, 7) is 5.34. The number of benzene rings is 2. The number of rotatable bonds is 4. The lowest BCUT2D eigenvalue weighted by Crippen LogP contribution is -2.50. The van der Waals surface area contributed by atoms with Gasteiger partial charge in [-0.2, -0.15) is 0 Å². The fraction of sp³-hybridized carbons (Fsp3) is 0.286. The van der Waals surface area contributed by atoms with Crippen molar-refractivity contribution in [3.05, 3.63) is 57.1 Å². The van der Waals surface area contributed by atoms with Crippen LogP contribution in [0.3, 0.4) is 0 Å². The van der Waals surface area contributed by atoms with E-state index in [1.54, 1.807) is 19.1 Å². The summed E-state index contributed by atoms with van der Waals surface area (Å²) in [5.74, 6) is -1.26. The lowest BCUT2D eigenvalue weighted by molar-refractivity contribution is -0.142. The van der Waals surface area contributed by atoms with Crippen molar-refractivity contribution in [3.63, 3.8) is 0 Å². The maximum absolute atomic E-state index is 13.2. The Balaban J connectivity index is 2.05. The summed E-state index contributed by atoms with van der Waals surface area (Å²) in [4.78, 5) is 40.8. The summed E-state index contributed by atoms with van der Waals surface area (Å²) in [5.41, 5.74) is 3.25. The summed E-state index contributed by atoms with van der Waals surface area (Å²) >= 11 is 12.0. The molecular weight excluding hydrogens is 415 g/mol. The lowest BCUT2D eigenvalue weighted by Gasteiger charge is -2.36. The molecule has 1 heterocycles. The van der Waals surface area contributed by atoms with Gasteiger partial charge in [0.05, 0.1) is 28.0 Å². The van der Waals surface area contributed by atoms with Crippen molar-refractivity contribution in [2.24, 2.45) is 0 Å². The van der Waals surface area contributed by atoms with Gasteiger partial charge < -0.3 is 4.74 Å². The smallest absolute Gasteiger partial charge is 0.326 e. The van der Waals surface area contributed by atoms with Crippen LogP contribution in [0.15, 0.2) is 30.3 Å². The second-order valence-corrected chi connectivity index (χ2v) is 7.54. The summed E-state index contributed by atoms with van der Waals surface area (Å²) in [5, 5.41) is 0.593. The Morgan fingerprint density at radius 1 is 1.03 bits per heavy atom. The van der Waals surface area contributed by atoms with Gasteiger partial charge in [-0.15, -0.1) is 0 Å². The Morgan fingerprint density at radius 3 is 2.31 bits per heavy atom. The van der Waals surface area contributed by atoms with Crippen molar-refractivity contribution < 1.29 is 19.1 Å². The maximum Gasteiger partial charge on any atom is 0.326 e. The molecule has 29 heavy (non-hydrogen) atoms. The largest absolute Gasteiger partial charge is 0.465 e. The van der Waals surface area contributed by atoms with Crippen molar-refractivity contribution >= 4 is 52.4 Å². The van der Waals surface area contributed by atoms with E-state index in [1.807, 2.05) is 19.9 Å².